The van der Waals surface area contributed by atoms with Crippen molar-refractivity contribution in [3.05, 3.63) is 71.3 Å². The van der Waals surface area contributed by atoms with E-state index in [1.807, 2.05) is 18.0 Å². The van der Waals surface area contributed by atoms with E-state index in [1.165, 1.54) is 29.5 Å². The van der Waals surface area contributed by atoms with Crippen molar-refractivity contribution >= 4 is 17.7 Å². The van der Waals surface area contributed by atoms with Crippen LogP contribution in [0.2, 0.25) is 0 Å². The van der Waals surface area contributed by atoms with E-state index in [2.05, 4.69) is 84.5 Å². The van der Waals surface area contributed by atoms with E-state index in [0.29, 0.717) is 35.7 Å². The molecule has 6 atom stereocenters. The number of carbonyl (C=O) groups excluding carboxylic acids is 1. The summed E-state index contributed by atoms with van der Waals surface area (Å²) < 4.78 is 0. The Morgan fingerprint density at radius 2 is 1.88 bits per heavy atom. The van der Waals surface area contributed by atoms with Gasteiger partial charge in [0.25, 0.3) is 0 Å². The van der Waals surface area contributed by atoms with Gasteiger partial charge in [0.15, 0.2) is 0 Å². The molecule has 2 N–H and O–H groups in total. The lowest BCUT2D eigenvalue weighted by Crippen LogP contribution is -2.38. The molecule has 34 heavy (non-hydrogen) atoms. The van der Waals surface area contributed by atoms with Crippen LogP contribution in [-0.4, -0.2) is 44.0 Å². The predicted molar refractivity (Wildman–Crippen MR) is 137 cm³/mol. The smallest absolute Gasteiger partial charge is 0.237 e. The third kappa shape index (κ3) is 3.53. The number of hydrazine groups is 1. The highest BCUT2D eigenvalue weighted by atomic mass is 16.2. The van der Waals surface area contributed by atoms with Gasteiger partial charge >= 0.3 is 0 Å². The molecule has 1 saturated heterocycles. The molecule has 2 aromatic rings. The monoisotopic (exact) mass is 456 g/mol. The zero-order valence-corrected chi connectivity index (χ0v) is 20.5. The number of amides is 1. The molecular formula is C29H36N4O. The highest BCUT2D eigenvalue weighted by Crippen LogP contribution is 2.66. The Balaban J connectivity index is 1.10. The lowest BCUT2D eigenvalue weighted by atomic mass is 9.73. The molecule has 178 valence electrons. The van der Waals surface area contributed by atoms with Gasteiger partial charge in [-0.1, -0.05) is 54.6 Å². The summed E-state index contributed by atoms with van der Waals surface area (Å²) in [6, 6.07) is 18.1. The molecule has 5 heteroatoms. The van der Waals surface area contributed by atoms with Gasteiger partial charge in [-0.3, -0.25) is 15.6 Å². The van der Waals surface area contributed by atoms with Crippen LogP contribution in [0.4, 0.5) is 5.69 Å². The van der Waals surface area contributed by atoms with E-state index in [0.717, 1.165) is 25.1 Å². The Bertz CT molecular complexity index is 1110. The quantitative estimate of drug-likeness (QED) is 0.715. The molecule has 2 aliphatic heterocycles. The Kier molecular flexibility index (Phi) is 5.40. The number of hydrogen-bond acceptors (Lipinski definition) is 4. The van der Waals surface area contributed by atoms with Gasteiger partial charge in [0.05, 0.1) is 5.41 Å². The highest BCUT2D eigenvalue weighted by molar-refractivity contribution is 6.10. The fraction of sp³-hybridized carbons (Fsp3) is 0.483. The van der Waals surface area contributed by atoms with E-state index >= 15 is 0 Å². The summed E-state index contributed by atoms with van der Waals surface area (Å²) >= 11 is 0. The fourth-order valence-electron chi connectivity index (χ4n) is 7.08. The predicted octanol–water partition coefficient (Wildman–Crippen LogP) is 3.96. The van der Waals surface area contributed by atoms with Crippen molar-refractivity contribution in [1.82, 2.24) is 15.8 Å². The zero-order valence-electron chi connectivity index (χ0n) is 20.5. The maximum atomic E-state index is 13.3. The van der Waals surface area contributed by atoms with Gasteiger partial charge in [0, 0.05) is 31.4 Å². The fourth-order valence-corrected chi connectivity index (χ4v) is 7.08. The van der Waals surface area contributed by atoms with Crippen LogP contribution in [0.15, 0.2) is 54.6 Å². The highest BCUT2D eigenvalue weighted by Gasteiger charge is 2.68. The van der Waals surface area contributed by atoms with Gasteiger partial charge in [-0.15, -0.1) is 0 Å². The van der Waals surface area contributed by atoms with Crippen molar-refractivity contribution in [2.75, 3.05) is 26.0 Å². The number of carbonyl (C=O) groups is 1. The lowest BCUT2D eigenvalue weighted by molar-refractivity contribution is -0.120. The van der Waals surface area contributed by atoms with Crippen LogP contribution in [0.25, 0.3) is 6.08 Å². The number of benzene rings is 2. The van der Waals surface area contributed by atoms with Crippen molar-refractivity contribution in [2.24, 2.45) is 17.8 Å². The first-order valence-corrected chi connectivity index (χ1v) is 12.8. The molecule has 1 spiro atoms. The minimum absolute atomic E-state index is 0.243. The van der Waals surface area contributed by atoms with Crippen LogP contribution in [0.1, 0.15) is 42.4 Å². The molecule has 0 radical (unpaired) electrons. The summed E-state index contributed by atoms with van der Waals surface area (Å²) in [4.78, 5) is 17.3. The lowest BCUT2D eigenvalue weighted by Gasteiger charge is -2.33. The van der Waals surface area contributed by atoms with Gasteiger partial charge in [0.2, 0.25) is 5.91 Å². The van der Waals surface area contributed by atoms with Crippen LogP contribution in [0.3, 0.4) is 0 Å². The third-order valence-electron chi connectivity index (χ3n) is 8.83. The minimum Gasteiger partial charge on any atom is -0.314 e. The number of para-hydroxylation sites is 1. The van der Waals surface area contributed by atoms with E-state index in [9.17, 15) is 4.79 Å². The average Bonchev–Trinajstić information content (AvgIpc) is 3.42. The van der Waals surface area contributed by atoms with Crippen LogP contribution in [-0.2, 0) is 16.8 Å². The molecule has 3 fully saturated rings. The second kappa shape index (κ2) is 8.33. The molecule has 0 bridgehead atoms. The molecule has 2 saturated carbocycles. The average molecular weight is 457 g/mol. The van der Waals surface area contributed by atoms with E-state index in [4.69, 9.17) is 0 Å². The SMILES string of the molecule is CN(C)Cc1ccc(/C=C/C2NNC3CC([C@@H]4C[C@@]45C(=O)N(C)c4ccccc45)CCC23)cc1. The molecule has 0 aromatic heterocycles. The van der Waals surface area contributed by atoms with Gasteiger partial charge < -0.3 is 9.80 Å². The molecule has 4 aliphatic rings. The molecule has 4 unspecified atom stereocenters. The Morgan fingerprint density at radius 1 is 1.09 bits per heavy atom. The summed E-state index contributed by atoms with van der Waals surface area (Å²) in [6.07, 6.45) is 9.21. The van der Waals surface area contributed by atoms with Gasteiger partial charge in [0.1, 0.15) is 0 Å². The summed E-state index contributed by atoms with van der Waals surface area (Å²) in [5.41, 5.74) is 11.9. The van der Waals surface area contributed by atoms with Crippen molar-refractivity contribution in [3.63, 3.8) is 0 Å². The second-order valence-electron chi connectivity index (χ2n) is 11.2. The van der Waals surface area contributed by atoms with Crippen molar-refractivity contribution in [3.8, 4) is 0 Å². The first kappa shape index (κ1) is 22.0. The summed E-state index contributed by atoms with van der Waals surface area (Å²) in [7, 11) is 6.14. The molecule has 2 aliphatic carbocycles. The molecular weight excluding hydrogens is 420 g/mol. The Morgan fingerprint density at radius 3 is 2.68 bits per heavy atom. The first-order valence-electron chi connectivity index (χ1n) is 12.8. The van der Waals surface area contributed by atoms with Crippen LogP contribution < -0.4 is 15.8 Å². The molecule has 5 nitrogen and oxygen atoms in total. The zero-order chi connectivity index (χ0) is 23.4. The van der Waals surface area contributed by atoms with Crippen LogP contribution in [0, 0.1) is 17.8 Å². The number of rotatable bonds is 5. The number of likely N-dealkylation sites (N-methyl/N-ethyl adjacent to an activating group) is 1. The van der Waals surface area contributed by atoms with Crippen LogP contribution in [0.5, 0.6) is 0 Å². The maximum Gasteiger partial charge on any atom is 0.237 e. The number of hydrogen-bond donors (Lipinski definition) is 2. The van der Waals surface area contributed by atoms with E-state index in [-0.39, 0.29) is 5.41 Å². The summed E-state index contributed by atoms with van der Waals surface area (Å²) in [5, 5.41) is 0. The normalized spacial score (nSPS) is 34.3. The summed E-state index contributed by atoms with van der Waals surface area (Å²) in [6.45, 7) is 0.971. The van der Waals surface area contributed by atoms with Gasteiger partial charge in [-0.05, 0) is 80.3 Å². The van der Waals surface area contributed by atoms with Crippen molar-refractivity contribution in [2.45, 2.75) is 49.7 Å². The maximum absolute atomic E-state index is 13.3. The molecule has 1 amide bonds. The summed E-state index contributed by atoms with van der Waals surface area (Å²) in [5.74, 6) is 2.04. The molecule has 6 rings (SSSR count). The minimum atomic E-state index is -0.243. The van der Waals surface area contributed by atoms with Gasteiger partial charge in [-0.2, -0.15) is 0 Å². The largest absolute Gasteiger partial charge is 0.314 e. The molecule has 2 heterocycles. The molecule has 2 aromatic carbocycles. The third-order valence-corrected chi connectivity index (χ3v) is 8.83. The van der Waals surface area contributed by atoms with Crippen LogP contribution >= 0.6 is 0 Å². The Hall–Kier alpha value is -2.47. The second-order valence-corrected chi connectivity index (χ2v) is 11.2. The number of nitrogens with zero attached hydrogens (tertiary/aromatic N) is 2. The number of anilines is 1. The Labute approximate surface area is 203 Å². The first-order chi connectivity index (χ1) is 16.5. The number of nitrogens with one attached hydrogen (secondary N) is 2. The van der Waals surface area contributed by atoms with Crippen molar-refractivity contribution in [1.29, 1.82) is 0 Å². The number of fused-ring (bicyclic) bond motifs is 3. The standard InChI is InChI=1S/C29H36N4O/c1-32(2)18-20-10-8-19(9-11-20)12-15-25-22-14-13-21(16-26(22)31-30-25)24-17-29(24)23-6-4-5-7-27(23)33(3)28(29)34/h4-12,15,21-22,24-26,30-31H,13-14,16-18H2,1-3H3/b15-12+/t21?,22?,24-,25?,26?,29-/m0/s1. The van der Waals surface area contributed by atoms with E-state index in [1.54, 1.807) is 0 Å². The van der Waals surface area contributed by atoms with Gasteiger partial charge in [-0.25, -0.2) is 0 Å². The topological polar surface area (TPSA) is 47.6 Å². The van der Waals surface area contributed by atoms with Crippen molar-refractivity contribution < 1.29 is 4.79 Å². The van der Waals surface area contributed by atoms with E-state index < -0.39 is 0 Å².